The number of benzene rings is 1. The average molecular weight is 367 g/mol. The van der Waals surface area contributed by atoms with Crippen LogP contribution in [0.3, 0.4) is 0 Å². The maximum Gasteiger partial charge on any atom is 0.243 e. The topological polar surface area (TPSA) is 95.6 Å². The second-order valence-corrected chi connectivity index (χ2v) is 8.09. The fraction of sp³-hybridized carbons (Fsp3) is 0.529. The molecule has 1 aliphatic rings. The third-order valence-electron chi connectivity index (χ3n) is 4.40. The molecule has 0 unspecified atom stereocenters. The summed E-state index contributed by atoms with van der Waals surface area (Å²) in [6, 6.07) is 5.97. The number of piperidine rings is 1. The predicted octanol–water partition coefficient (Wildman–Crippen LogP) is 0.626. The smallest absolute Gasteiger partial charge is 0.243 e. The van der Waals surface area contributed by atoms with Gasteiger partial charge in [-0.05, 0) is 38.9 Å². The lowest BCUT2D eigenvalue weighted by Crippen LogP contribution is -2.43. The lowest BCUT2D eigenvalue weighted by molar-refractivity contribution is -0.126. The molecule has 0 aliphatic carbocycles. The van der Waals surface area contributed by atoms with Crippen LogP contribution < -0.4 is 10.6 Å². The molecule has 2 N–H and O–H groups in total. The van der Waals surface area contributed by atoms with Crippen LogP contribution in [-0.4, -0.2) is 57.6 Å². The van der Waals surface area contributed by atoms with Crippen molar-refractivity contribution in [3.63, 3.8) is 0 Å². The molecular weight excluding hydrogens is 342 g/mol. The molecule has 0 saturated carbocycles. The summed E-state index contributed by atoms with van der Waals surface area (Å²) in [6.45, 7) is 3.35. The second-order valence-electron chi connectivity index (χ2n) is 6.15. The number of hydrogen-bond acceptors (Lipinski definition) is 5. The Morgan fingerprint density at radius 3 is 2.24 bits per heavy atom. The summed E-state index contributed by atoms with van der Waals surface area (Å²) in [4.78, 5) is 23.5. The van der Waals surface area contributed by atoms with Gasteiger partial charge in [-0.3, -0.25) is 9.59 Å². The minimum absolute atomic E-state index is 0.0156. The molecule has 1 fully saturated rings. The molecule has 1 aliphatic heterocycles. The normalized spacial score (nSPS) is 16.6. The van der Waals surface area contributed by atoms with E-state index in [2.05, 4.69) is 10.6 Å². The first-order valence-corrected chi connectivity index (χ1v) is 9.83. The van der Waals surface area contributed by atoms with Gasteiger partial charge in [0.15, 0.2) is 5.78 Å². The van der Waals surface area contributed by atoms with Gasteiger partial charge >= 0.3 is 0 Å². The monoisotopic (exact) mass is 367 g/mol. The van der Waals surface area contributed by atoms with Crippen molar-refractivity contribution in [1.29, 1.82) is 0 Å². The summed E-state index contributed by atoms with van der Waals surface area (Å²) in [5.74, 6) is -0.268. The van der Waals surface area contributed by atoms with Crippen molar-refractivity contribution in [1.82, 2.24) is 14.9 Å². The molecule has 2 rings (SSSR count). The Bertz CT molecular complexity index is 708. The van der Waals surface area contributed by atoms with Crippen molar-refractivity contribution in [2.24, 2.45) is 5.92 Å². The standard InChI is InChI=1S/C17H25N3O4S/c1-13(21)14-3-5-16(6-4-14)25(23,24)20-11-7-15(8-12-20)17(22)19-10-9-18-2/h3-6,15,18H,7-12H2,1-2H3,(H,19,22). The van der Waals surface area contributed by atoms with Crippen LogP contribution in [0.15, 0.2) is 29.2 Å². The number of sulfonamides is 1. The number of Topliss-reactive ketones (excluding diaryl/α,β-unsaturated/α-hetero) is 1. The Hall–Kier alpha value is -1.77. The van der Waals surface area contributed by atoms with Crippen LogP contribution in [0.25, 0.3) is 0 Å². The van der Waals surface area contributed by atoms with Gasteiger partial charge in [-0.2, -0.15) is 4.31 Å². The highest BCUT2D eigenvalue weighted by Gasteiger charge is 2.31. The minimum Gasteiger partial charge on any atom is -0.355 e. The molecule has 0 spiro atoms. The van der Waals surface area contributed by atoms with Gasteiger partial charge in [0.2, 0.25) is 15.9 Å². The van der Waals surface area contributed by atoms with E-state index >= 15 is 0 Å². The second kappa shape index (κ2) is 8.55. The summed E-state index contributed by atoms with van der Waals surface area (Å²) in [5.41, 5.74) is 0.482. The molecule has 8 heteroatoms. The third-order valence-corrected chi connectivity index (χ3v) is 6.31. The maximum atomic E-state index is 12.7. The van der Waals surface area contributed by atoms with Crippen LogP contribution in [-0.2, 0) is 14.8 Å². The van der Waals surface area contributed by atoms with Crippen molar-refractivity contribution in [2.75, 3.05) is 33.2 Å². The average Bonchev–Trinajstić information content (AvgIpc) is 2.62. The molecule has 7 nitrogen and oxygen atoms in total. The summed E-state index contributed by atoms with van der Waals surface area (Å²) >= 11 is 0. The Morgan fingerprint density at radius 1 is 1.12 bits per heavy atom. The first kappa shape index (κ1) is 19.6. The molecule has 138 valence electrons. The van der Waals surface area contributed by atoms with Crippen molar-refractivity contribution in [3.8, 4) is 0 Å². The third kappa shape index (κ3) is 4.87. The van der Waals surface area contributed by atoms with E-state index in [9.17, 15) is 18.0 Å². The van der Waals surface area contributed by atoms with Crippen LogP contribution >= 0.6 is 0 Å². The molecule has 0 bridgehead atoms. The molecular formula is C17H25N3O4S. The molecule has 1 amide bonds. The largest absolute Gasteiger partial charge is 0.355 e. The molecule has 0 radical (unpaired) electrons. The van der Waals surface area contributed by atoms with Crippen LogP contribution in [0.2, 0.25) is 0 Å². The van der Waals surface area contributed by atoms with E-state index in [0.29, 0.717) is 44.6 Å². The first-order valence-electron chi connectivity index (χ1n) is 8.39. The van der Waals surface area contributed by atoms with Gasteiger partial charge in [0.05, 0.1) is 4.90 Å². The van der Waals surface area contributed by atoms with Crippen LogP contribution in [0.5, 0.6) is 0 Å². The predicted molar refractivity (Wildman–Crippen MR) is 94.9 cm³/mol. The summed E-state index contributed by atoms with van der Waals surface area (Å²) in [5, 5.41) is 5.81. The Labute approximate surface area is 148 Å². The maximum absolute atomic E-state index is 12.7. The van der Waals surface area contributed by atoms with E-state index < -0.39 is 10.0 Å². The summed E-state index contributed by atoms with van der Waals surface area (Å²) in [6.07, 6.45) is 1.02. The number of nitrogens with one attached hydrogen (secondary N) is 2. The van der Waals surface area contributed by atoms with Gasteiger partial charge in [0, 0.05) is 37.7 Å². The number of carbonyl (C=O) groups is 2. The summed E-state index contributed by atoms with van der Waals surface area (Å²) < 4.78 is 26.8. The van der Waals surface area contributed by atoms with E-state index in [-0.39, 0.29) is 22.5 Å². The number of hydrogen-bond donors (Lipinski definition) is 2. The van der Waals surface area contributed by atoms with Crippen molar-refractivity contribution >= 4 is 21.7 Å². The molecule has 1 aromatic carbocycles. The van der Waals surface area contributed by atoms with E-state index in [1.807, 2.05) is 7.05 Å². The highest BCUT2D eigenvalue weighted by atomic mass is 32.2. The molecule has 1 aromatic rings. The molecule has 0 aromatic heterocycles. The van der Waals surface area contributed by atoms with Crippen LogP contribution in [0.1, 0.15) is 30.1 Å². The summed E-state index contributed by atoms with van der Waals surface area (Å²) in [7, 11) is -1.78. The minimum atomic E-state index is -3.59. The SMILES string of the molecule is CNCCNC(=O)C1CCN(S(=O)(=O)c2ccc(C(C)=O)cc2)CC1. The van der Waals surface area contributed by atoms with Gasteiger partial charge in [-0.15, -0.1) is 0 Å². The van der Waals surface area contributed by atoms with Crippen molar-refractivity contribution < 1.29 is 18.0 Å². The van der Waals surface area contributed by atoms with E-state index in [1.165, 1.54) is 35.5 Å². The number of ketones is 1. The van der Waals surface area contributed by atoms with Gasteiger partial charge in [-0.1, -0.05) is 12.1 Å². The number of rotatable bonds is 7. The zero-order valence-corrected chi connectivity index (χ0v) is 15.4. The number of amides is 1. The Morgan fingerprint density at radius 2 is 1.72 bits per heavy atom. The fourth-order valence-corrected chi connectivity index (χ4v) is 4.29. The number of likely N-dealkylation sites (N-methyl/N-ethyl adjacent to an activating group) is 1. The number of carbonyl (C=O) groups excluding carboxylic acids is 2. The highest BCUT2D eigenvalue weighted by Crippen LogP contribution is 2.24. The molecule has 25 heavy (non-hydrogen) atoms. The lowest BCUT2D eigenvalue weighted by Gasteiger charge is -2.30. The van der Waals surface area contributed by atoms with Gasteiger partial charge in [-0.25, -0.2) is 8.42 Å². The first-order chi connectivity index (χ1) is 11.9. The van der Waals surface area contributed by atoms with E-state index in [0.717, 1.165) is 0 Å². The van der Waals surface area contributed by atoms with E-state index in [4.69, 9.17) is 0 Å². The van der Waals surface area contributed by atoms with E-state index in [1.54, 1.807) is 0 Å². The Balaban J connectivity index is 1.96. The molecule has 0 atom stereocenters. The van der Waals surface area contributed by atoms with Crippen LogP contribution in [0, 0.1) is 5.92 Å². The number of nitrogens with zero attached hydrogens (tertiary/aromatic N) is 1. The zero-order chi connectivity index (χ0) is 18.4. The molecule has 1 heterocycles. The van der Waals surface area contributed by atoms with Crippen LogP contribution in [0.4, 0.5) is 0 Å². The zero-order valence-electron chi connectivity index (χ0n) is 14.6. The lowest BCUT2D eigenvalue weighted by atomic mass is 9.97. The quantitative estimate of drug-likeness (QED) is 0.544. The van der Waals surface area contributed by atoms with Gasteiger partial charge in [0.1, 0.15) is 0 Å². The van der Waals surface area contributed by atoms with Gasteiger partial charge < -0.3 is 10.6 Å². The van der Waals surface area contributed by atoms with Crippen molar-refractivity contribution in [2.45, 2.75) is 24.7 Å². The fourth-order valence-electron chi connectivity index (χ4n) is 2.82. The molecule has 1 saturated heterocycles. The van der Waals surface area contributed by atoms with Gasteiger partial charge in [0.25, 0.3) is 0 Å². The highest BCUT2D eigenvalue weighted by molar-refractivity contribution is 7.89. The van der Waals surface area contributed by atoms with Crippen molar-refractivity contribution in [3.05, 3.63) is 29.8 Å². The Kier molecular flexibility index (Phi) is 6.69.